The van der Waals surface area contributed by atoms with Crippen molar-refractivity contribution in [3.63, 3.8) is 0 Å². The smallest absolute Gasteiger partial charge is 0.175 e. The van der Waals surface area contributed by atoms with Crippen LogP contribution in [0, 0.1) is 5.41 Å². The van der Waals surface area contributed by atoms with Crippen LogP contribution in [0.2, 0.25) is 0 Å². The van der Waals surface area contributed by atoms with E-state index in [9.17, 15) is 0 Å². The maximum atomic E-state index is 5.88. The SMILES string of the molecule is COC(OC)C(C)(CN)NC1CCC(C)(C)C1. The Bertz CT molecular complexity index is 242. The lowest BCUT2D eigenvalue weighted by Gasteiger charge is -2.38. The third-order valence-corrected chi connectivity index (χ3v) is 3.87. The second kappa shape index (κ2) is 5.65. The molecule has 1 rings (SSSR count). The Kier molecular flexibility index (Phi) is 4.95. The number of methoxy groups -OCH3 is 2. The molecule has 0 radical (unpaired) electrons. The van der Waals surface area contributed by atoms with Crippen molar-refractivity contribution in [3.8, 4) is 0 Å². The summed E-state index contributed by atoms with van der Waals surface area (Å²) in [5.41, 5.74) is 5.99. The standard InChI is InChI=1S/C13H28N2O2/c1-12(2)7-6-10(8-12)15-13(3,9-14)11(16-4)17-5/h10-11,15H,6-9,14H2,1-5H3. The molecule has 0 amide bonds. The lowest BCUT2D eigenvalue weighted by Crippen LogP contribution is -2.61. The maximum absolute atomic E-state index is 5.88. The van der Waals surface area contributed by atoms with Crippen LogP contribution in [0.4, 0.5) is 0 Å². The Balaban J connectivity index is 2.63. The average Bonchev–Trinajstić information content (AvgIpc) is 2.59. The molecule has 2 atom stereocenters. The van der Waals surface area contributed by atoms with Crippen LogP contribution < -0.4 is 11.1 Å². The summed E-state index contributed by atoms with van der Waals surface area (Å²) in [5, 5.41) is 3.62. The molecule has 1 fully saturated rings. The van der Waals surface area contributed by atoms with Gasteiger partial charge in [-0.3, -0.25) is 0 Å². The molecule has 0 saturated heterocycles. The van der Waals surface area contributed by atoms with Gasteiger partial charge in [0.15, 0.2) is 6.29 Å². The molecule has 0 aromatic rings. The molecule has 1 aliphatic carbocycles. The van der Waals surface area contributed by atoms with Crippen LogP contribution in [-0.2, 0) is 9.47 Å². The molecule has 1 aliphatic rings. The van der Waals surface area contributed by atoms with Gasteiger partial charge in [0, 0.05) is 26.8 Å². The van der Waals surface area contributed by atoms with E-state index in [2.05, 4.69) is 26.1 Å². The van der Waals surface area contributed by atoms with Crippen molar-refractivity contribution in [3.05, 3.63) is 0 Å². The summed E-state index contributed by atoms with van der Waals surface area (Å²) in [6, 6.07) is 0.506. The molecule has 17 heavy (non-hydrogen) atoms. The van der Waals surface area contributed by atoms with Gasteiger partial charge in [0.1, 0.15) is 0 Å². The monoisotopic (exact) mass is 244 g/mol. The minimum Gasteiger partial charge on any atom is -0.354 e. The molecule has 1 saturated carbocycles. The molecule has 0 aromatic heterocycles. The van der Waals surface area contributed by atoms with Gasteiger partial charge in [-0.2, -0.15) is 0 Å². The molecule has 0 aliphatic heterocycles. The number of ether oxygens (including phenoxy) is 2. The largest absolute Gasteiger partial charge is 0.354 e. The minimum atomic E-state index is -0.325. The van der Waals surface area contributed by atoms with E-state index in [0.717, 1.165) is 0 Å². The van der Waals surface area contributed by atoms with E-state index >= 15 is 0 Å². The highest BCUT2D eigenvalue weighted by Crippen LogP contribution is 2.37. The van der Waals surface area contributed by atoms with Gasteiger partial charge in [0.2, 0.25) is 0 Å². The molecule has 0 aromatic carbocycles. The normalized spacial score (nSPS) is 27.4. The molecule has 2 unspecified atom stereocenters. The third-order valence-electron chi connectivity index (χ3n) is 3.87. The Morgan fingerprint density at radius 2 is 2.00 bits per heavy atom. The quantitative estimate of drug-likeness (QED) is 0.695. The summed E-state index contributed by atoms with van der Waals surface area (Å²) in [4.78, 5) is 0. The summed E-state index contributed by atoms with van der Waals surface area (Å²) < 4.78 is 10.7. The van der Waals surface area contributed by atoms with Gasteiger partial charge in [-0.1, -0.05) is 13.8 Å². The van der Waals surface area contributed by atoms with E-state index in [1.54, 1.807) is 14.2 Å². The molecular weight excluding hydrogens is 216 g/mol. The van der Waals surface area contributed by atoms with Crippen molar-refractivity contribution >= 4 is 0 Å². The number of hydrogen-bond donors (Lipinski definition) is 2. The summed E-state index contributed by atoms with van der Waals surface area (Å²) in [6.07, 6.45) is 3.33. The van der Waals surface area contributed by atoms with E-state index in [4.69, 9.17) is 15.2 Å². The van der Waals surface area contributed by atoms with Crippen LogP contribution in [0.1, 0.15) is 40.0 Å². The first-order chi connectivity index (χ1) is 7.87. The Hall–Kier alpha value is -0.160. The topological polar surface area (TPSA) is 56.5 Å². The zero-order valence-electron chi connectivity index (χ0n) is 11.9. The van der Waals surface area contributed by atoms with Crippen LogP contribution >= 0.6 is 0 Å². The van der Waals surface area contributed by atoms with Crippen LogP contribution in [-0.4, -0.2) is 38.6 Å². The van der Waals surface area contributed by atoms with E-state index in [1.165, 1.54) is 19.3 Å². The van der Waals surface area contributed by atoms with Crippen molar-refractivity contribution in [1.82, 2.24) is 5.32 Å². The van der Waals surface area contributed by atoms with Gasteiger partial charge in [-0.05, 0) is 31.6 Å². The maximum Gasteiger partial charge on any atom is 0.175 e. The first-order valence-electron chi connectivity index (χ1n) is 6.40. The zero-order chi connectivity index (χ0) is 13.1. The van der Waals surface area contributed by atoms with Crippen molar-refractivity contribution in [2.24, 2.45) is 11.1 Å². The lowest BCUT2D eigenvalue weighted by molar-refractivity contribution is -0.151. The number of nitrogens with one attached hydrogen (secondary N) is 1. The van der Waals surface area contributed by atoms with Crippen molar-refractivity contribution in [2.45, 2.75) is 57.9 Å². The van der Waals surface area contributed by atoms with E-state index in [-0.39, 0.29) is 11.8 Å². The molecule has 4 heteroatoms. The highest BCUT2D eigenvalue weighted by atomic mass is 16.7. The van der Waals surface area contributed by atoms with Gasteiger partial charge < -0.3 is 20.5 Å². The van der Waals surface area contributed by atoms with Crippen molar-refractivity contribution in [1.29, 1.82) is 0 Å². The third kappa shape index (κ3) is 3.65. The zero-order valence-corrected chi connectivity index (χ0v) is 11.9. The van der Waals surface area contributed by atoms with Crippen LogP contribution in [0.5, 0.6) is 0 Å². The molecule has 0 heterocycles. The van der Waals surface area contributed by atoms with E-state index < -0.39 is 0 Å². The van der Waals surface area contributed by atoms with Crippen LogP contribution in [0.25, 0.3) is 0 Å². The van der Waals surface area contributed by atoms with Crippen LogP contribution in [0.15, 0.2) is 0 Å². The first kappa shape index (κ1) is 14.9. The molecule has 0 spiro atoms. The van der Waals surface area contributed by atoms with Crippen molar-refractivity contribution < 1.29 is 9.47 Å². The highest BCUT2D eigenvalue weighted by Gasteiger charge is 2.39. The number of rotatable bonds is 6. The summed E-state index contributed by atoms with van der Waals surface area (Å²) in [5.74, 6) is 0. The first-order valence-corrected chi connectivity index (χ1v) is 6.40. The van der Waals surface area contributed by atoms with Gasteiger partial charge in [0.25, 0.3) is 0 Å². The summed E-state index contributed by atoms with van der Waals surface area (Å²) in [6.45, 7) is 7.20. The van der Waals surface area contributed by atoms with Gasteiger partial charge in [-0.15, -0.1) is 0 Å². The molecule has 0 bridgehead atoms. The second-order valence-electron chi connectivity index (χ2n) is 6.17. The van der Waals surface area contributed by atoms with Gasteiger partial charge in [-0.25, -0.2) is 0 Å². The minimum absolute atomic E-state index is 0.309. The number of hydrogen-bond acceptors (Lipinski definition) is 4. The summed E-state index contributed by atoms with van der Waals surface area (Å²) in [7, 11) is 3.31. The lowest BCUT2D eigenvalue weighted by atomic mass is 9.91. The average molecular weight is 244 g/mol. The number of nitrogens with two attached hydrogens (primary N) is 1. The van der Waals surface area contributed by atoms with E-state index in [1.807, 2.05) is 0 Å². The molecule has 4 nitrogen and oxygen atoms in total. The Morgan fingerprint density at radius 3 is 2.35 bits per heavy atom. The predicted molar refractivity (Wildman–Crippen MR) is 69.8 cm³/mol. The van der Waals surface area contributed by atoms with Crippen LogP contribution in [0.3, 0.4) is 0 Å². The Labute approximate surface area is 105 Å². The fourth-order valence-corrected chi connectivity index (χ4v) is 2.87. The van der Waals surface area contributed by atoms with E-state index in [0.29, 0.717) is 18.0 Å². The van der Waals surface area contributed by atoms with Gasteiger partial charge in [0.05, 0.1) is 5.54 Å². The fraction of sp³-hybridized carbons (Fsp3) is 1.00. The predicted octanol–water partition coefficient (Wildman–Crippen LogP) is 1.49. The highest BCUT2D eigenvalue weighted by molar-refractivity contribution is 4.95. The second-order valence-corrected chi connectivity index (χ2v) is 6.17. The Morgan fingerprint density at radius 1 is 1.41 bits per heavy atom. The fourth-order valence-electron chi connectivity index (χ4n) is 2.87. The molecule has 102 valence electrons. The van der Waals surface area contributed by atoms with Crippen molar-refractivity contribution in [2.75, 3.05) is 20.8 Å². The molecular formula is C13H28N2O2. The van der Waals surface area contributed by atoms with Gasteiger partial charge >= 0.3 is 0 Å². The summed E-state index contributed by atoms with van der Waals surface area (Å²) >= 11 is 0. The molecule has 3 N–H and O–H groups in total.